The van der Waals surface area contributed by atoms with E-state index in [4.69, 9.17) is 0 Å². The Morgan fingerprint density at radius 2 is 1.48 bits per heavy atom. The molecule has 1 unspecified atom stereocenters. The highest BCUT2D eigenvalue weighted by Gasteiger charge is 2.35. The van der Waals surface area contributed by atoms with E-state index in [1.165, 1.54) is 21.6 Å². The van der Waals surface area contributed by atoms with Crippen molar-refractivity contribution in [1.82, 2.24) is 4.90 Å². The lowest BCUT2D eigenvalue weighted by Gasteiger charge is -2.16. The van der Waals surface area contributed by atoms with Gasteiger partial charge in [0.25, 0.3) is 11.8 Å². The first-order valence-electron chi connectivity index (χ1n) is 10.7. The second-order valence-electron chi connectivity index (χ2n) is 8.42. The molecular formula is C28H27NO2. The van der Waals surface area contributed by atoms with Crippen LogP contribution in [0.1, 0.15) is 66.9 Å². The minimum absolute atomic E-state index is 0.216. The molecule has 0 spiro atoms. The number of aryl methyl sites for hydroxylation is 3. The molecule has 3 nitrogen and oxygen atoms in total. The number of allylic oxidation sites excluding steroid dienone is 1. The zero-order chi connectivity index (χ0) is 22.1. The van der Waals surface area contributed by atoms with E-state index in [1.807, 2.05) is 19.1 Å². The third-order valence-electron chi connectivity index (χ3n) is 6.21. The number of rotatable bonds is 5. The van der Waals surface area contributed by atoms with E-state index in [2.05, 4.69) is 57.2 Å². The van der Waals surface area contributed by atoms with Crippen molar-refractivity contribution < 1.29 is 9.59 Å². The topological polar surface area (TPSA) is 37.4 Å². The van der Waals surface area contributed by atoms with Crippen LogP contribution in [0.5, 0.6) is 0 Å². The van der Waals surface area contributed by atoms with Crippen molar-refractivity contribution in [2.75, 3.05) is 0 Å². The molecule has 2 amide bonds. The molecule has 0 fully saturated rings. The molecule has 0 radical (unpaired) electrons. The molecule has 3 heteroatoms. The minimum atomic E-state index is -0.216. The van der Waals surface area contributed by atoms with E-state index in [1.54, 1.807) is 24.3 Å². The summed E-state index contributed by atoms with van der Waals surface area (Å²) < 4.78 is 0. The molecule has 3 aromatic rings. The van der Waals surface area contributed by atoms with Gasteiger partial charge in [0, 0.05) is 0 Å². The normalized spacial score (nSPS) is 14.4. The van der Waals surface area contributed by atoms with Crippen molar-refractivity contribution in [3.8, 4) is 0 Å². The summed E-state index contributed by atoms with van der Waals surface area (Å²) in [5.74, 6) is -0.116. The number of carbonyl (C=O) groups excluding carboxylic acids is 2. The van der Waals surface area contributed by atoms with E-state index >= 15 is 0 Å². The lowest BCUT2D eigenvalue weighted by atomic mass is 9.96. The maximum atomic E-state index is 12.6. The summed E-state index contributed by atoms with van der Waals surface area (Å²) in [6.45, 7) is 8.79. The van der Waals surface area contributed by atoms with E-state index in [-0.39, 0.29) is 11.8 Å². The Hall–Kier alpha value is -3.46. The second-order valence-corrected chi connectivity index (χ2v) is 8.42. The van der Waals surface area contributed by atoms with Gasteiger partial charge in [-0.05, 0) is 72.2 Å². The number of hydrogen-bond acceptors (Lipinski definition) is 2. The third kappa shape index (κ3) is 4.09. The highest BCUT2D eigenvalue weighted by Crippen LogP contribution is 2.26. The van der Waals surface area contributed by atoms with E-state index in [9.17, 15) is 9.59 Å². The number of carbonyl (C=O) groups is 2. The first-order chi connectivity index (χ1) is 14.8. The third-order valence-corrected chi connectivity index (χ3v) is 6.21. The monoisotopic (exact) mass is 409 g/mol. The van der Waals surface area contributed by atoms with Crippen molar-refractivity contribution in [2.45, 2.75) is 40.2 Å². The van der Waals surface area contributed by atoms with Crippen LogP contribution in [-0.4, -0.2) is 16.7 Å². The highest BCUT2D eigenvalue weighted by atomic mass is 16.2. The zero-order valence-electron chi connectivity index (χ0n) is 18.5. The first kappa shape index (κ1) is 20.8. The van der Waals surface area contributed by atoms with Crippen LogP contribution in [-0.2, 0) is 6.54 Å². The van der Waals surface area contributed by atoms with Crippen molar-refractivity contribution in [3.05, 3.63) is 111 Å². The van der Waals surface area contributed by atoms with Crippen LogP contribution in [0.4, 0.5) is 0 Å². The molecule has 0 aromatic heterocycles. The van der Waals surface area contributed by atoms with Gasteiger partial charge in [0.15, 0.2) is 0 Å². The zero-order valence-corrected chi connectivity index (χ0v) is 18.5. The van der Waals surface area contributed by atoms with E-state index < -0.39 is 0 Å². The van der Waals surface area contributed by atoms with Gasteiger partial charge < -0.3 is 0 Å². The Morgan fingerprint density at radius 3 is 2.10 bits per heavy atom. The van der Waals surface area contributed by atoms with Crippen LogP contribution >= 0.6 is 0 Å². The fraction of sp³-hybridized carbons (Fsp3) is 0.214. The van der Waals surface area contributed by atoms with Crippen molar-refractivity contribution in [2.24, 2.45) is 0 Å². The fourth-order valence-corrected chi connectivity index (χ4v) is 3.97. The molecule has 0 aliphatic carbocycles. The number of benzene rings is 3. The quantitative estimate of drug-likeness (QED) is 0.469. The molecule has 1 atom stereocenters. The molecule has 1 aliphatic heterocycles. The summed E-state index contributed by atoms with van der Waals surface area (Å²) in [6, 6.07) is 19.8. The Labute approximate surface area is 184 Å². The van der Waals surface area contributed by atoms with Gasteiger partial charge in [-0.25, -0.2) is 0 Å². The summed E-state index contributed by atoms with van der Waals surface area (Å²) in [4.78, 5) is 26.6. The first-order valence-corrected chi connectivity index (χ1v) is 10.7. The predicted molar refractivity (Wildman–Crippen MR) is 125 cm³/mol. The van der Waals surface area contributed by atoms with Gasteiger partial charge in [0.1, 0.15) is 0 Å². The largest absolute Gasteiger partial charge is 0.270 e. The summed E-state index contributed by atoms with van der Waals surface area (Å²) in [7, 11) is 0. The van der Waals surface area contributed by atoms with Gasteiger partial charge in [-0.2, -0.15) is 0 Å². The minimum Gasteiger partial charge on any atom is -0.270 e. The standard InChI is InChI=1S/C28H27NO2/c1-18-10-13-23(16-20(18)3)19(2)9-11-22-12-14-24(21(4)15-22)17-29-27(30)25-7-5-6-8-26(25)28(29)31/h5-16,19H,17H2,1-4H3/b11-9+. The Morgan fingerprint density at radius 1 is 0.806 bits per heavy atom. The van der Waals surface area contributed by atoms with Gasteiger partial charge in [0.05, 0.1) is 17.7 Å². The molecule has 0 saturated heterocycles. The lowest BCUT2D eigenvalue weighted by molar-refractivity contribution is 0.0642. The van der Waals surface area contributed by atoms with Crippen molar-refractivity contribution in [3.63, 3.8) is 0 Å². The van der Waals surface area contributed by atoms with Crippen LogP contribution in [0.15, 0.2) is 66.7 Å². The van der Waals surface area contributed by atoms with E-state index in [0.717, 1.165) is 16.7 Å². The van der Waals surface area contributed by atoms with E-state index in [0.29, 0.717) is 23.6 Å². The summed E-state index contributed by atoms with van der Waals surface area (Å²) in [6.07, 6.45) is 4.35. The Bertz CT molecular complexity index is 1170. The number of fused-ring (bicyclic) bond motifs is 1. The molecule has 0 saturated carbocycles. The van der Waals surface area contributed by atoms with Crippen LogP contribution in [0.2, 0.25) is 0 Å². The summed E-state index contributed by atoms with van der Waals surface area (Å²) >= 11 is 0. The van der Waals surface area contributed by atoms with Crippen LogP contribution in [0, 0.1) is 20.8 Å². The van der Waals surface area contributed by atoms with Gasteiger partial charge >= 0.3 is 0 Å². The van der Waals surface area contributed by atoms with Crippen LogP contribution < -0.4 is 0 Å². The molecule has 1 aliphatic rings. The number of imide groups is 1. The van der Waals surface area contributed by atoms with Gasteiger partial charge in [-0.15, -0.1) is 0 Å². The predicted octanol–water partition coefficient (Wildman–Crippen LogP) is 6.22. The molecule has 0 bridgehead atoms. The number of hydrogen-bond donors (Lipinski definition) is 0. The Kier molecular flexibility index (Phi) is 5.60. The maximum absolute atomic E-state index is 12.6. The fourth-order valence-electron chi connectivity index (χ4n) is 3.97. The molecule has 1 heterocycles. The van der Waals surface area contributed by atoms with Crippen LogP contribution in [0.3, 0.4) is 0 Å². The van der Waals surface area contributed by atoms with Gasteiger partial charge in [0.2, 0.25) is 0 Å². The Balaban J connectivity index is 1.48. The number of amides is 2. The molecule has 4 rings (SSSR count). The maximum Gasteiger partial charge on any atom is 0.261 e. The molecule has 0 N–H and O–H groups in total. The molecule has 3 aromatic carbocycles. The van der Waals surface area contributed by atoms with Crippen LogP contribution in [0.25, 0.3) is 6.08 Å². The lowest BCUT2D eigenvalue weighted by Crippen LogP contribution is -2.29. The second kappa shape index (κ2) is 8.35. The van der Waals surface area contributed by atoms with Gasteiger partial charge in [-0.1, -0.05) is 67.6 Å². The smallest absolute Gasteiger partial charge is 0.261 e. The highest BCUT2D eigenvalue weighted by molar-refractivity contribution is 6.21. The molecule has 156 valence electrons. The van der Waals surface area contributed by atoms with Gasteiger partial charge in [-0.3, -0.25) is 14.5 Å². The summed E-state index contributed by atoms with van der Waals surface area (Å²) in [5, 5.41) is 0. The van der Waals surface area contributed by atoms with Crippen molar-refractivity contribution in [1.29, 1.82) is 0 Å². The van der Waals surface area contributed by atoms with Crippen molar-refractivity contribution >= 4 is 17.9 Å². The molecular weight excluding hydrogens is 382 g/mol. The molecule has 31 heavy (non-hydrogen) atoms. The number of nitrogens with zero attached hydrogens (tertiary/aromatic N) is 1. The SMILES string of the molecule is Cc1ccc(C(C)/C=C/c2ccc(CN3C(=O)c4ccccc4C3=O)c(C)c2)cc1C. The average Bonchev–Trinajstić information content (AvgIpc) is 3.00. The average molecular weight is 410 g/mol. The summed E-state index contributed by atoms with van der Waals surface area (Å²) in [5.41, 5.74) is 8.06.